The van der Waals surface area contributed by atoms with Crippen LogP contribution in [0.3, 0.4) is 0 Å². The molecule has 0 saturated carbocycles. The van der Waals surface area contributed by atoms with Gasteiger partial charge in [-0.1, -0.05) is 0 Å². The van der Waals surface area contributed by atoms with E-state index in [-0.39, 0.29) is 18.4 Å². The Labute approximate surface area is 116 Å². The van der Waals surface area contributed by atoms with Gasteiger partial charge in [0.2, 0.25) is 5.96 Å². The molecule has 102 valence electrons. The van der Waals surface area contributed by atoms with E-state index in [1.165, 1.54) is 0 Å². The molecule has 1 aromatic carbocycles. The first-order valence-electron chi connectivity index (χ1n) is 5.39. The number of nitrogens with one attached hydrogen (secondary N) is 1. The molecule has 0 amide bonds. The number of nitrogens with zero attached hydrogens (tertiary/aromatic N) is 2. The maximum atomic E-state index is 5.29. The highest BCUT2D eigenvalue weighted by molar-refractivity contribution is 6.00. The Hall–Kier alpha value is -2.21. The summed E-state index contributed by atoms with van der Waals surface area (Å²) < 4.78 is 5.29. The summed E-state index contributed by atoms with van der Waals surface area (Å²) in [5, 5.41) is 8.36. The van der Waals surface area contributed by atoms with E-state index in [4.69, 9.17) is 16.2 Å². The quantitative estimate of drug-likeness (QED) is 0.451. The smallest absolute Gasteiger partial charge is 0.211 e. The first-order valence-corrected chi connectivity index (χ1v) is 5.39. The van der Waals surface area contributed by atoms with E-state index >= 15 is 0 Å². The highest BCUT2D eigenvalue weighted by Crippen LogP contribution is 2.26. The number of benzene rings is 1. The summed E-state index contributed by atoms with van der Waals surface area (Å²) in [7, 11) is 1.65. The van der Waals surface area contributed by atoms with Gasteiger partial charge in [0.25, 0.3) is 0 Å². The number of fused-ring (bicyclic) bond motifs is 1. The van der Waals surface area contributed by atoms with Crippen LogP contribution in [-0.2, 0) is 0 Å². The van der Waals surface area contributed by atoms with E-state index in [1.807, 2.05) is 25.3 Å². The first kappa shape index (κ1) is 14.8. The molecule has 0 unspecified atom stereocenters. The fraction of sp³-hybridized carbons (Fsp3) is 0.167. The average Bonchev–Trinajstić information content (AvgIpc) is 2.70. The van der Waals surface area contributed by atoms with Gasteiger partial charge in [-0.2, -0.15) is 5.10 Å². The van der Waals surface area contributed by atoms with Crippen LogP contribution in [0.15, 0.2) is 28.5 Å². The minimum Gasteiger partial charge on any atom is -0.496 e. The van der Waals surface area contributed by atoms with Gasteiger partial charge in [-0.25, -0.2) is 0 Å². The summed E-state index contributed by atoms with van der Waals surface area (Å²) in [6, 6.07) is 3.98. The van der Waals surface area contributed by atoms with Crippen molar-refractivity contribution in [2.45, 2.75) is 6.92 Å². The zero-order valence-corrected chi connectivity index (χ0v) is 11.5. The van der Waals surface area contributed by atoms with Crippen molar-refractivity contribution < 1.29 is 4.74 Å². The summed E-state index contributed by atoms with van der Waals surface area (Å²) in [5.41, 5.74) is 13.4. The number of ether oxygens (including phenoxy) is 1. The van der Waals surface area contributed by atoms with Crippen molar-refractivity contribution in [3.63, 3.8) is 0 Å². The van der Waals surface area contributed by atoms with E-state index in [1.54, 1.807) is 13.3 Å². The van der Waals surface area contributed by atoms with Crippen LogP contribution >= 0.6 is 12.4 Å². The molecule has 0 saturated heterocycles. The molecule has 0 aliphatic heterocycles. The number of hydrogen-bond acceptors (Lipinski definition) is 3. The highest BCUT2D eigenvalue weighted by Gasteiger charge is 2.06. The molecular formula is C12H16ClN5O. The molecule has 0 aliphatic carbocycles. The number of rotatable bonds is 3. The lowest BCUT2D eigenvalue weighted by atomic mass is 10.1. The van der Waals surface area contributed by atoms with Crippen molar-refractivity contribution in [1.82, 2.24) is 4.98 Å². The van der Waals surface area contributed by atoms with Crippen molar-refractivity contribution >= 4 is 35.5 Å². The van der Waals surface area contributed by atoms with Gasteiger partial charge in [0, 0.05) is 22.7 Å². The predicted octanol–water partition coefficient (Wildman–Crippen LogP) is 1.51. The summed E-state index contributed by atoms with van der Waals surface area (Å²) in [4.78, 5) is 3.16. The lowest BCUT2D eigenvalue weighted by Crippen LogP contribution is -2.21. The van der Waals surface area contributed by atoms with E-state index in [0.717, 1.165) is 27.8 Å². The predicted molar refractivity (Wildman–Crippen MR) is 80.2 cm³/mol. The number of methoxy groups -OCH3 is 1. The number of guanidine groups is 1. The standard InChI is InChI=1S/C12H15N5O.ClH/c1-7-3-10-9(4-11(7)18-2)8(5-15-10)6-16-17-12(13)14;/h3-6,15H,1-2H3,(H4,13,14,17);1H/b16-6-;. The second-order valence-corrected chi connectivity index (χ2v) is 3.88. The molecule has 2 rings (SSSR count). The van der Waals surface area contributed by atoms with Gasteiger partial charge in [-0.3, -0.25) is 0 Å². The highest BCUT2D eigenvalue weighted by atomic mass is 35.5. The number of hydrogen-bond donors (Lipinski definition) is 3. The maximum absolute atomic E-state index is 5.29. The van der Waals surface area contributed by atoms with E-state index in [9.17, 15) is 0 Å². The third-order valence-electron chi connectivity index (χ3n) is 2.60. The molecule has 6 nitrogen and oxygen atoms in total. The van der Waals surface area contributed by atoms with Crippen LogP contribution in [0.2, 0.25) is 0 Å². The second-order valence-electron chi connectivity index (χ2n) is 3.88. The molecule has 0 radical (unpaired) electrons. The zero-order chi connectivity index (χ0) is 13.1. The Morgan fingerprint density at radius 1 is 1.37 bits per heavy atom. The van der Waals surface area contributed by atoms with Gasteiger partial charge in [-0.15, -0.1) is 17.5 Å². The van der Waals surface area contributed by atoms with Crippen LogP contribution in [-0.4, -0.2) is 24.3 Å². The number of halogens is 1. The lowest BCUT2D eigenvalue weighted by molar-refractivity contribution is 0.412. The van der Waals surface area contributed by atoms with Crippen molar-refractivity contribution in [2.75, 3.05) is 7.11 Å². The normalized spacial score (nSPS) is 10.4. The van der Waals surface area contributed by atoms with Gasteiger partial charge in [0.15, 0.2) is 0 Å². The molecule has 7 heteroatoms. The Bertz CT molecular complexity index is 628. The molecule has 5 N–H and O–H groups in total. The van der Waals surface area contributed by atoms with Crippen LogP contribution in [0.4, 0.5) is 0 Å². The fourth-order valence-electron chi connectivity index (χ4n) is 1.76. The van der Waals surface area contributed by atoms with E-state index < -0.39 is 0 Å². The SMILES string of the molecule is COc1cc2c(/C=N\N=C(N)N)c[nH]c2cc1C.Cl. The van der Waals surface area contributed by atoms with Crippen LogP contribution in [0.1, 0.15) is 11.1 Å². The van der Waals surface area contributed by atoms with E-state index in [2.05, 4.69) is 15.2 Å². The van der Waals surface area contributed by atoms with Gasteiger partial charge in [0.1, 0.15) is 5.75 Å². The average molecular weight is 282 g/mol. The molecule has 0 atom stereocenters. The molecule has 0 spiro atoms. The van der Waals surface area contributed by atoms with Gasteiger partial charge in [-0.05, 0) is 24.6 Å². The van der Waals surface area contributed by atoms with Crippen molar-refractivity contribution in [3.05, 3.63) is 29.5 Å². The Morgan fingerprint density at radius 3 is 2.74 bits per heavy atom. The monoisotopic (exact) mass is 281 g/mol. The Morgan fingerprint density at radius 2 is 2.11 bits per heavy atom. The zero-order valence-electron chi connectivity index (χ0n) is 10.7. The fourth-order valence-corrected chi connectivity index (χ4v) is 1.76. The molecule has 0 fully saturated rings. The van der Waals surface area contributed by atoms with Gasteiger partial charge < -0.3 is 21.2 Å². The largest absolute Gasteiger partial charge is 0.496 e. The Kier molecular flexibility index (Phi) is 4.77. The summed E-state index contributed by atoms with van der Waals surface area (Å²) in [5.74, 6) is 0.762. The van der Waals surface area contributed by atoms with Crippen molar-refractivity contribution in [1.29, 1.82) is 0 Å². The molecule has 2 aromatic rings. The maximum Gasteiger partial charge on any atom is 0.211 e. The minimum atomic E-state index is -0.0699. The summed E-state index contributed by atoms with van der Waals surface area (Å²) in [6.07, 6.45) is 3.43. The third kappa shape index (κ3) is 3.17. The topological polar surface area (TPSA) is 102 Å². The van der Waals surface area contributed by atoms with Crippen molar-refractivity contribution in [3.8, 4) is 5.75 Å². The number of aryl methyl sites for hydroxylation is 1. The molecule has 0 aliphatic rings. The second kappa shape index (κ2) is 6.10. The lowest BCUT2D eigenvalue weighted by Gasteiger charge is -2.04. The first-order chi connectivity index (χ1) is 8.61. The van der Waals surface area contributed by atoms with Crippen LogP contribution < -0.4 is 16.2 Å². The Balaban J connectivity index is 0.00000180. The van der Waals surface area contributed by atoms with Crippen molar-refractivity contribution in [2.24, 2.45) is 21.7 Å². The molecule has 19 heavy (non-hydrogen) atoms. The molecule has 1 heterocycles. The third-order valence-corrected chi connectivity index (χ3v) is 2.60. The molecule has 1 aromatic heterocycles. The molecule has 0 bridgehead atoms. The summed E-state index contributed by atoms with van der Waals surface area (Å²) in [6.45, 7) is 1.99. The number of aromatic amines is 1. The van der Waals surface area contributed by atoms with Crippen LogP contribution in [0, 0.1) is 6.92 Å². The van der Waals surface area contributed by atoms with Gasteiger partial charge >= 0.3 is 0 Å². The number of H-pyrrole nitrogens is 1. The van der Waals surface area contributed by atoms with Crippen LogP contribution in [0.25, 0.3) is 10.9 Å². The minimum absolute atomic E-state index is 0. The summed E-state index contributed by atoms with van der Waals surface area (Å²) >= 11 is 0. The molecular weight excluding hydrogens is 266 g/mol. The van der Waals surface area contributed by atoms with Gasteiger partial charge in [0.05, 0.1) is 13.3 Å². The number of nitrogens with two attached hydrogens (primary N) is 2. The number of aromatic nitrogens is 1. The van der Waals surface area contributed by atoms with Crippen LogP contribution in [0.5, 0.6) is 5.75 Å². The van der Waals surface area contributed by atoms with E-state index in [0.29, 0.717) is 0 Å².